The van der Waals surface area contributed by atoms with E-state index >= 15 is 0 Å². The first kappa shape index (κ1) is 18.5. The van der Waals surface area contributed by atoms with E-state index in [1.54, 1.807) is 0 Å². The van der Waals surface area contributed by atoms with Crippen LogP contribution in [0.25, 0.3) is 0 Å². The van der Waals surface area contributed by atoms with Crippen LogP contribution in [-0.2, 0) is 11.2 Å². The zero-order chi connectivity index (χ0) is 16.9. The summed E-state index contributed by atoms with van der Waals surface area (Å²) >= 11 is 0. The van der Waals surface area contributed by atoms with Crippen LogP contribution in [0.1, 0.15) is 44.1 Å². The molecule has 1 aliphatic carbocycles. The second-order valence-corrected chi connectivity index (χ2v) is 6.24. The Kier molecular flexibility index (Phi) is 9.02. The second-order valence-electron chi connectivity index (χ2n) is 6.24. The minimum Gasteiger partial charge on any atom is -0.381 e. The van der Waals surface area contributed by atoms with E-state index in [4.69, 9.17) is 4.74 Å². The third kappa shape index (κ3) is 8.16. The Morgan fingerprint density at radius 2 is 1.83 bits per heavy atom. The molecule has 1 aliphatic rings. The average Bonchev–Trinajstić information content (AvgIpc) is 2.63. The van der Waals surface area contributed by atoms with Crippen LogP contribution in [0.2, 0.25) is 0 Å². The maximum atomic E-state index is 11.7. The highest BCUT2D eigenvalue weighted by atomic mass is 16.5. The number of rotatable bonds is 10. The third-order valence-electron chi connectivity index (χ3n) is 4.25. The molecule has 0 aromatic heterocycles. The molecule has 2 rings (SSSR count). The maximum absolute atomic E-state index is 11.7. The van der Waals surface area contributed by atoms with Gasteiger partial charge in [-0.15, -0.1) is 0 Å². The van der Waals surface area contributed by atoms with Crippen LogP contribution in [0.15, 0.2) is 42.0 Å². The van der Waals surface area contributed by atoms with Crippen LogP contribution in [0.4, 0.5) is 4.79 Å². The average molecular weight is 330 g/mol. The van der Waals surface area contributed by atoms with E-state index < -0.39 is 0 Å². The van der Waals surface area contributed by atoms with Gasteiger partial charge in [-0.2, -0.15) is 0 Å². The van der Waals surface area contributed by atoms with Crippen LogP contribution in [0.5, 0.6) is 0 Å². The lowest BCUT2D eigenvalue weighted by Crippen LogP contribution is -2.37. The summed E-state index contributed by atoms with van der Waals surface area (Å²) in [5.41, 5.74) is 2.79. The second kappa shape index (κ2) is 11.7. The van der Waals surface area contributed by atoms with Crippen molar-refractivity contribution in [2.24, 2.45) is 0 Å². The first-order valence-electron chi connectivity index (χ1n) is 9.16. The van der Waals surface area contributed by atoms with Crippen molar-refractivity contribution in [2.45, 2.75) is 44.9 Å². The van der Waals surface area contributed by atoms with Gasteiger partial charge in [0.1, 0.15) is 0 Å². The Morgan fingerprint density at radius 3 is 2.62 bits per heavy atom. The first-order chi connectivity index (χ1) is 11.8. The topological polar surface area (TPSA) is 50.4 Å². The Hall–Kier alpha value is -1.81. The van der Waals surface area contributed by atoms with Crippen molar-refractivity contribution in [2.75, 3.05) is 26.3 Å². The number of carbonyl (C=O) groups is 1. The molecule has 0 bridgehead atoms. The number of amides is 2. The molecular formula is C20H30N2O2. The molecule has 0 atom stereocenters. The number of allylic oxidation sites excluding steroid dienone is 1. The number of nitrogens with one attached hydrogen (secondary N) is 2. The van der Waals surface area contributed by atoms with Crippen molar-refractivity contribution in [1.82, 2.24) is 10.6 Å². The number of ether oxygens (including phenoxy) is 1. The first-order valence-corrected chi connectivity index (χ1v) is 9.16. The normalized spacial score (nSPS) is 14.1. The van der Waals surface area contributed by atoms with Crippen LogP contribution in [0, 0.1) is 0 Å². The molecule has 0 saturated carbocycles. The summed E-state index contributed by atoms with van der Waals surface area (Å²) in [5, 5.41) is 5.80. The quantitative estimate of drug-likeness (QED) is 0.506. The van der Waals surface area contributed by atoms with E-state index in [1.165, 1.54) is 36.8 Å². The Labute approximate surface area is 145 Å². The summed E-state index contributed by atoms with van der Waals surface area (Å²) in [4.78, 5) is 11.7. The van der Waals surface area contributed by atoms with E-state index in [1.807, 2.05) is 18.2 Å². The minimum absolute atomic E-state index is 0.0734. The van der Waals surface area contributed by atoms with Crippen molar-refractivity contribution in [3.8, 4) is 0 Å². The van der Waals surface area contributed by atoms with E-state index in [-0.39, 0.29) is 6.03 Å². The number of urea groups is 1. The lowest BCUT2D eigenvalue weighted by molar-refractivity contribution is 0.135. The summed E-state index contributed by atoms with van der Waals surface area (Å²) in [6, 6.07) is 10.3. The Balaban J connectivity index is 1.40. The van der Waals surface area contributed by atoms with Crippen LogP contribution >= 0.6 is 0 Å². The molecule has 0 aliphatic heterocycles. The zero-order valence-electron chi connectivity index (χ0n) is 14.6. The molecule has 0 saturated heterocycles. The van der Waals surface area contributed by atoms with Crippen molar-refractivity contribution in [3.63, 3.8) is 0 Å². The van der Waals surface area contributed by atoms with Crippen molar-refractivity contribution in [3.05, 3.63) is 47.5 Å². The molecule has 0 spiro atoms. The molecule has 24 heavy (non-hydrogen) atoms. The molecular weight excluding hydrogens is 300 g/mol. The molecule has 4 nitrogen and oxygen atoms in total. The molecule has 0 heterocycles. The third-order valence-corrected chi connectivity index (χ3v) is 4.25. The van der Waals surface area contributed by atoms with Gasteiger partial charge in [0.25, 0.3) is 0 Å². The van der Waals surface area contributed by atoms with Gasteiger partial charge >= 0.3 is 6.03 Å². The van der Waals surface area contributed by atoms with Gasteiger partial charge in [-0.1, -0.05) is 42.0 Å². The molecule has 0 unspecified atom stereocenters. The molecule has 0 fully saturated rings. The highest BCUT2D eigenvalue weighted by molar-refractivity contribution is 5.73. The van der Waals surface area contributed by atoms with Crippen molar-refractivity contribution >= 4 is 6.03 Å². The fourth-order valence-corrected chi connectivity index (χ4v) is 2.84. The predicted octanol–water partition coefficient (Wildman–Crippen LogP) is 3.83. The van der Waals surface area contributed by atoms with Crippen molar-refractivity contribution < 1.29 is 9.53 Å². The van der Waals surface area contributed by atoms with Crippen LogP contribution in [-0.4, -0.2) is 32.3 Å². The number of benzene rings is 1. The monoisotopic (exact) mass is 330 g/mol. The van der Waals surface area contributed by atoms with E-state index in [9.17, 15) is 4.79 Å². The molecule has 2 N–H and O–H groups in total. The predicted molar refractivity (Wildman–Crippen MR) is 98.2 cm³/mol. The van der Waals surface area contributed by atoms with Gasteiger partial charge in [0.2, 0.25) is 0 Å². The van der Waals surface area contributed by atoms with Crippen LogP contribution in [0.3, 0.4) is 0 Å². The molecule has 0 radical (unpaired) electrons. The highest BCUT2D eigenvalue weighted by Crippen LogP contribution is 2.19. The fourth-order valence-electron chi connectivity index (χ4n) is 2.84. The fraction of sp³-hybridized carbons (Fsp3) is 0.550. The summed E-state index contributed by atoms with van der Waals surface area (Å²) in [6.07, 6.45) is 10.1. The van der Waals surface area contributed by atoms with Gasteiger partial charge in [-0.3, -0.25) is 0 Å². The summed E-state index contributed by atoms with van der Waals surface area (Å²) in [5.74, 6) is 0. The van der Waals surface area contributed by atoms with E-state index in [0.717, 1.165) is 32.4 Å². The highest BCUT2D eigenvalue weighted by Gasteiger charge is 2.04. The van der Waals surface area contributed by atoms with Crippen LogP contribution < -0.4 is 10.6 Å². The van der Waals surface area contributed by atoms with Gasteiger partial charge in [0.05, 0.1) is 6.61 Å². The molecule has 1 aromatic rings. The van der Waals surface area contributed by atoms with Gasteiger partial charge in [-0.25, -0.2) is 4.79 Å². The SMILES string of the molecule is O=C(NCCCOCCc1ccccc1)NCCC1=CCCCC1. The Morgan fingerprint density at radius 1 is 1.00 bits per heavy atom. The lowest BCUT2D eigenvalue weighted by atomic mass is 9.97. The number of hydrogen-bond acceptors (Lipinski definition) is 2. The van der Waals surface area contributed by atoms with Gasteiger partial charge < -0.3 is 15.4 Å². The van der Waals surface area contributed by atoms with Gasteiger partial charge in [0.15, 0.2) is 0 Å². The number of hydrogen-bond donors (Lipinski definition) is 2. The van der Waals surface area contributed by atoms with E-state index in [2.05, 4.69) is 28.8 Å². The summed E-state index contributed by atoms with van der Waals surface area (Å²) in [6.45, 7) is 2.79. The maximum Gasteiger partial charge on any atom is 0.314 e. The standard InChI is InChI=1S/C20H30N2O2/c23-20(22-15-12-18-8-3-1-4-9-18)21-14-7-16-24-17-13-19-10-5-2-6-11-19/h2,5-6,8,10-11H,1,3-4,7,9,12-17H2,(H2,21,22,23). The number of carbonyl (C=O) groups excluding carboxylic acids is 1. The lowest BCUT2D eigenvalue weighted by Gasteiger charge is -2.13. The van der Waals surface area contributed by atoms with Gasteiger partial charge in [0, 0.05) is 19.7 Å². The van der Waals surface area contributed by atoms with Crippen molar-refractivity contribution in [1.29, 1.82) is 0 Å². The minimum atomic E-state index is -0.0734. The molecule has 132 valence electrons. The smallest absolute Gasteiger partial charge is 0.314 e. The van der Waals surface area contributed by atoms with Gasteiger partial charge in [-0.05, 0) is 50.5 Å². The molecule has 4 heteroatoms. The largest absolute Gasteiger partial charge is 0.381 e. The summed E-state index contributed by atoms with van der Waals surface area (Å²) in [7, 11) is 0. The van der Waals surface area contributed by atoms with E-state index in [0.29, 0.717) is 13.2 Å². The molecule has 1 aromatic carbocycles. The zero-order valence-corrected chi connectivity index (χ0v) is 14.6. The summed E-state index contributed by atoms with van der Waals surface area (Å²) < 4.78 is 5.60. The molecule has 2 amide bonds. The Bertz CT molecular complexity index is 500.